The molecule has 1 aromatic rings. The summed E-state index contributed by atoms with van der Waals surface area (Å²) in [7, 11) is 1.76. The van der Waals surface area contributed by atoms with Gasteiger partial charge in [0.15, 0.2) is 0 Å². The van der Waals surface area contributed by atoms with E-state index in [2.05, 4.69) is 5.32 Å². The van der Waals surface area contributed by atoms with E-state index in [0.29, 0.717) is 24.5 Å². The highest BCUT2D eigenvalue weighted by molar-refractivity contribution is 6.11. The third kappa shape index (κ3) is 2.92. The lowest BCUT2D eigenvalue weighted by molar-refractivity contribution is -0.137. The van der Waals surface area contributed by atoms with Gasteiger partial charge in [-0.3, -0.25) is 24.2 Å². The molecule has 1 atom stereocenters. The minimum Gasteiger partial charge on any atom is -0.343 e. The third-order valence-electron chi connectivity index (χ3n) is 4.43. The topological polar surface area (TPSA) is 73.0 Å². The van der Waals surface area contributed by atoms with Crippen molar-refractivity contribution in [1.29, 1.82) is 0 Å². The lowest BCUT2D eigenvalue weighted by Gasteiger charge is -2.38. The van der Waals surface area contributed by atoms with Gasteiger partial charge in [0, 0.05) is 20.1 Å². The minimum atomic E-state index is -0.452. The Kier molecular flexibility index (Phi) is 4.04. The molecule has 0 spiro atoms. The lowest BCUT2D eigenvalue weighted by atomic mass is 10.1. The van der Waals surface area contributed by atoms with Crippen molar-refractivity contribution < 1.29 is 14.4 Å². The molecule has 2 heterocycles. The van der Waals surface area contributed by atoms with Crippen molar-refractivity contribution in [3.63, 3.8) is 0 Å². The van der Waals surface area contributed by atoms with Crippen LogP contribution in [0.5, 0.6) is 0 Å². The first-order valence-electron chi connectivity index (χ1n) is 7.65. The van der Waals surface area contributed by atoms with Crippen LogP contribution in [-0.4, -0.2) is 66.8 Å². The average Bonchev–Trinajstić information content (AvgIpc) is 2.55. The summed E-state index contributed by atoms with van der Waals surface area (Å²) in [5, 5.41) is 2.77. The number of likely N-dealkylation sites (N-methyl/N-ethyl adjacent to an activating group) is 1. The zero-order valence-electron chi connectivity index (χ0n) is 13.3. The summed E-state index contributed by atoms with van der Waals surface area (Å²) in [6.07, 6.45) is 0. The van der Waals surface area contributed by atoms with Gasteiger partial charge in [0.2, 0.25) is 17.7 Å². The predicted molar refractivity (Wildman–Crippen MR) is 86.1 cm³/mol. The smallest absolute Gasteiger partial charge is 0.244 e. The van der Waals surface area contributed by atoms with E-state index in [9.17, 15) is 14.4 Å². The summed E-state index contributed by atoms with van der Waals surface area (Å²) < 4.78 is 0. The fourth-order valence-electron chi connectivity index (χ4n) is 2.92. The quantitative estimate of drug-likeness (QED) is 0.842. The molecule has 1 saturated heterocycles. The number of fused-ring (bicyclic) bond motifs is 1. The Morgan fingerprint density at radius 2 is 1.91 bits per heavy atom. The molecule has 0 radical (unpaired) electrons. The van der Waals surface area contributed by atoms with Crippen LogP contribution >= 0.6 is 0 Å². The number of nitrogens with one attached hydrogen (secondary N) is 1. The number of piperazine rings is 1. The van der Waals surface area contributed by atoms with E-state index in [-0.39, 0.29) is 30.8 Å². The maximum Gasteiger partial charge on any atom is 0.244 e. The van der Waals surface area contributed by atoms with E-state index < -0.39 is 6.04 Å². The molecule has 2 aliphatic heterocycles. The standard InChI is InChI=1S/C16H20N4O3/c1-11(19-8-7-18(2)15(22)10-19)16(23)20-9-14(21)17-12-5-3-4-6-13(12)20/h3-6,11H,7-10H2,1-2H3,(H,17,21). The fourth-order valence-corrected chi connectivity index (χ4v) is 2.92. The van der Waals surface area contributed by atoms with Crippen LogP contribution in [0.15, 0.2) is 24.3 Å². The zero-order chi connectivity index (χ0) is 16.6. The first-order valence-corrected chi connectivity index (χ1v) is 7.65. The van der Waals surface area contributed by atoms with Crippen LogP contribution in [0, 0.1) is 0 Å². The molecule has 1 fully saturated rings. The summed E-state index contributed by atoms with van der Waals surface area (Å²) in [5.41, 5.74) is 1.34. The molecule has 122 valence electrons. The van der Waals surface area contributed by atoms with Crippen LogP contribution in [0.3, 0.4) is 0 Å². The Morgan fingerprint density at radius 3 is 2.65 bits per heavy atom. The van der Waals surface area contributed by atoms with E-state index in [4.69, 9.17) is 0 Å². The molecule has 0 aliphatic carbocycles. The number of amides is 3. The van der Waals surface area contributed by atoms with Crippen molar-refractivity contribution in [1.82, 2.24) is 9.80 Å². The number of anilines is 2. The summed E-state index contributed by atoms with van der Waals surface area (Å²) in [4.78, 5) is 41.6. The van der Waals surface area contributed by atoms with Crippen molar-refractivity contribution >= 4 is 29.1 Å². The fraction of sp³-hybridized carbons (Fsp3) is 0.438. The molecule has 23 heavy (non-hydrogen) atoms. The van der Waals surface area contributed by atoms with E-state index >= 15 is 0 Å². The van der Waals surface area contributed by atoms with Crippen LogP contribution < -0.4 is 10.2 Å². The van der Waals surface area contributed by atoms with Gasteiger partial charge in [-0.1, -0.05) is 12.1 Å². The van der Waals surface area contributed by atoms with Gasteiger partial charge in [-0.15, -0.1) is 0 Å². The van der Waals surface area contributed by atoms with Gasteiger partial charge in [0.1, 0.15) is 6.54 Å². The lowest BCUT2D eigenvalue weighted by Crippen LogP contribution is -2.57. The summed E-state index contributed by atoms with van der Waals surface area (Å²) in [6, 6.07) is 6.79. The van der Waals surface area contributed by atoms with Crippen molar-refractivity contribution in [2.24, 2.45) is 0 Å². The van der Waals surface area contributed by atoms with Gasteiger partial charge in [-0.05, 0) is 19.1 Å². The Bertz CT molecular complexity index is 660. The molecule has 0 aromatic heterocycles. The normalized spacial score (nSPS) is 20.1. The number of carbonyl (C=O) groups is 3. The van der Waals surface area contributed by atoms with Crippen LogP contribution in [0.2, 0.25) is 0 Å². The van der Waals surface area contributed by atoms with Gasteiger partial charge in [0.25, 0.3) is 0 Å². The maximum absolute atomic E-state index is 12.9. The van der Waals surface area contributed by atoms with Crippen LogP contribution in [-0.2, 0) is 14.4 Å². The SMILES string of the molecule is CC(C(=O)N1CC(=O)Nc2ccccc21)N1CCN(C)C(=O)C1. The van der Waals surface area contributed by atoms with Gasteiger partial charge >= 0.3 is 0 Å². The average molecular weight is 316 g/mol. The number of hydrogen-bond acceptors (Lipinski definition) is 4. The number of carbonyl (C=O) groups excluding carboxylic acids is 3. The van der Waals surface area contributed by atoms with Gasteiger partial charge in [0.05, 0.1) is 24.0 Å². The Hall–Kier alpha value is -2.41. The molecule has 1 N–H and O–H groups in total. The molecular weight excluding hydrogens is 296 g/mol. The first kappa shape index (κ1) is 15.5. The highest BCUT2D eigenvalue weighted by Gasteiger charge is 2.34. The Labute approximate surface area is 134 Å². The molecule has 3 amide bonds. The summed E-state index contributed by atoms with van der Waals surface area (Å²) >= 11 is 0. The van der Waals surface area contributed by atoms with E-state index in [0.717, 1.165) is 0 Å². The third-order valence-corrected chi connectivity index (χ3v) is 4.43. The number of rotatable bonds is 2. The van der Waals surface area contributed by atoms with Gasteiger partial charge in [-0.25, -0.2) is 0 Å². The molecule has 7 nitrogen and oxygen atoms in total. The second-order valence-electron chi connectivity index (χ2n) is 5.95. The number of para-hydroxylation sites is 2. The van der Waals surface area contributed by atoms with Crippen molar-refractivity contribution in [3.8, 4) is 0 Å². The molecular formula is C16H20N4O3. The summed E-state index contributed by atoms with van der Waals surface area (Å²) in [5.74, 6) is -0.365. The molecule has 1 aromatic carbocycles. The predicted octanol–water partition coefficient (Wildman–Crippen LogP) is 0.134. The summed E-state index contributed by atoms with van der Waals surface area (Å²) in [6.45, 7) is 3.27. The Morgan fingerprint density at radius 1 is 1.17 bits per heavy atom. The number of benzene rings is 1. The Balaban J connectivity index is 1.80. The van der Waals surface area contributed by atoms with E-state index in [1.807, 2.05) is 23.1 Å². The monoisotopic (exact) mass is 316 g/mol. The number of nitrogens with zero attached hydrogens (tertiary/aromatic N) is 3. The molecule has 0 saturated carbocycles. The van der Waals surface area contributed by atoms with Crippen molar-refractivity contribution in [3.05, 3.63) is 24.3 Å². The molecule has 0 bridgehead atoms. The first-order chi connectivity index (χ1) is 11.0. The minimum absolute atomic E-state index is 0.00186. The van der Waals surface area contributed by atoms with Crippen LogP contribution in [0.1, 0.15) is 6.92 Å². The highest BCUT2D eigenvalue weighted by atomic mass is 16.2. The largest absolute Gasteiger partial charge is 0.343 e. The van der Waals surface area contributed by atoms with Crippen LogP contribution in [0.4, 0.5) is 11.4 Å². The maximum atomic E-state index is 12.9. The highest BCUT2D eigenvalue weighted by Crippen LogP contribution is 2.29. The van der Waals surface area contributed by atoms with Crippen molar-refractivity contribution in [2.45, 2.75) is 13.0 Å². The van der Waals surface area contributed by atoms with E-state index in [1.54, 1.807) is 24.9 Å². The second kappa shape index (κ2) is 6.00. The number of hydrogen-bond donors (Lipinski definition) is 1. The molecule has 2 aliphatic rings. The zero-order valence-corrected chi connectivity index (χ0v) is 13.3. The van der Waals surface area contributed by atoms with Crippen molar-refractivity contribution in [2.75, 3.05) is 43.4 Å². The van der Waals surface area contributed by atoms with Gasteiger partial charge < -0.3 is 10.2 Å². The molecule has 7 heteroatoms. The van der Waals surface area contributed by atoms with Gasteiger partial charge in [-0.2, -0.15) is 0 Å². The molecule has 1 unspecified atom stereocenters. The second-order valence-corrected chi connectivity index (χ2v) is 5.95. The van der Waals surface area contributed by atoms with Crippen LogP contribution in [0.25, 0.3) is 0 Å². The van der Waals surface area contributed by atoms with E-state index in [1.165, 1.54) is 4.90 Å². The molecule has 3 rings (SSSR count).